The van der Waals surface area contributed by atoms with E-state index < -0.39 is 0 Å². The molecule has 1 heterocycles. The molecule has 1 aliphatic rings. The fourth-order valence-corrected chi connectivity index (χ4v) is 1.98. The predicted molar refractivity (Wildman–Crippen MR) is 76.6 cm³/mol. The van der Waals surface area contributed by atoms with Gasteiger partial charge in [0.25, 0.3) is 0 Å². The zero-order valence-corrected chi connectivity index (χ0v) is 11.3. The van der Waals surface area contributed by atoms with Crippen LogP contribution in [-0.4, -0.2) is 25.6 Å². The lowest BCUT2D eigenvalue weighted by Gasteiger charge is -2.18. The van der Waals surface area contributed by atoms with Crippen molar-refractivity contribution < 1.29 is 9.53 Å². The lowest BCUT2D eigenvalue weighted by Crippen LogP contribution is -2.20. The molecule has 1 aliphatic heterocycles. The molecule has 0 unspecified atom stereocenters. The zero-order chi connectivity index (χ0) is 13.7. The minimum absolute atomic E-state index is 0.0706. The van der Waals surface area contributed by atoms with Crippen molar-refractivity contribution in [2.75, 3.05) is 25.0 Å². The van der Waals surface area contributed by atoms with E-state index in [0.29, 0.717) is 13.0 Å². The van der Waals surface area contributed by atoms with Gasteiger partial charge in [0.1, 0.15) is 12.4 Å². The van der Waals surface area contributed by atoms with Crippen molar-refractivity contribution in [1.82, 2.24) is 5.32 Å². The monoisotopic (exact) mass is 260 g/mol. The van der Waals surface area contributed by atoms with E-state index in [1.807, 2.05) is 18.2 Å². The van der Waals surface area contributed by atoms with Crippen molar-refractivity contribution in [3.63, 3.8) is 0 Å². The molecule has 0 aromatic heterocycles. The quantitative estimate of drug-likeness (QED) is 0.770. The first kappa shape index (κ1) is 13.6. The Labute approximate surface area is 113 Å². The molecule has 1 aromatic carbocycles. The van der Waals surface area contributed by atoms with E-state index in [1.54, 1.807) is 0 Å². The van der Waals surface area contributed by atoms with Gasteiger partial charge in [0, 0.05) is 24.7 Å². The Morgan fingerprint density at radius 1 is 1.47 bits per heavy atom. The molecular formula is C15H20N2O2. The van der Waals surface area contributed by atoms with E-state index in [1.165, 1.54) is 5.56 Å². The van der Waals surface area contributed by atoms with Crippen LogP contribution in [0.1, 0.15) is 18.9 Å². The molecule has 0 saturated carbocycles. The van der Waals surface area contributed by atoms with Gasteiger partial charge < -0.3 is 15.4 Å². The SMILES string of the molecule is C=C(CNCC)COc1ccc2c(c1)NC(=O)CC2. The summed E-state index contributed by atoms with van der Waals surface area (Å²) in [5, 5.41) is 6.07. The Morgan fingerprint density at radius 2 is 2.32 bits per heavy atom. The van der Waals surface area contributed by atoms with E-state index in [4.69, 9.17) is 4.74 Å². The molecule has 1 aromatic rings. The normalized spacial score (nSPS) is 13.6. The van der Waals surface area contributed by atoms with Gasteiger partial charge in [0.2, 0.25) is 5.91 Å². The third-order valence-electron chi connectivity index (χ3n) is 3.04. The zero-order valence-electron chi connectivity index (χ0n) is 11.3. The molecule has 0 aliphatic carbocycles. The maximum Gasteiger partial charge on any atom is 0.224 e. The number of aryl methyl sites for hydroxylation is 1. The summed E-state index contributed by atoms with van der Waals surface area (Å²) in [6.45, 7) is 8.17. The highest BCUT2D eigenvalue weighted by molar-refractivity contribution is 5.94. The van der Waals surface area contributed by atoms with E-state index in [-0.39, 0.29) is 5.91 Å². The molecule has 1 amide bonds. The first-order valence-corrected chi connectivity index (χ1v) is 6.62. The smallest absolute Gasteiger partial charge is 0.224 e. The van der Waals surface area contributed by atoms with Crippen molar-refractivity contribution in [2.24, 2.45) is 0 Å². The van der Waals surface area contributed by atoms with Crippen molar-refractivity contribution >= 4 is 11.6 Å². The summed E-state index contributed by atoms with van der Waals surface area (Å²) in [6.07, 6.45) is 1.36. The molecule has 0 fully saturated rings. The van der Waals surface area contributed by atoms with Crippen LogP contribution in [0.3, 0.4) is 0 Å². The molecule has 4 heteroatoms. The van der Waals surface area contributed by atoms with Crippen LogP contribution in [0.2, 0.25) is 0 Å². The van der Waals surface area contributed by atoms with Gasteiger partial charge in [-0.05, 0) is 30.2 Å². The minimum Gasteiger partial charge on any atom is -0.489 e. The van der Waals surface area contributed by atoms with Crippen LogP contribution in [0, 0.1) is 0 Å². The number of amides is 1. The Morgan fingerprint density at radius 3 is 3.11 bits per heavy atom. The number of fused-ring (bicyclic) bond motifs is 1. The van der Waals surface area contributed by atoms with Gasteiger partial charge in [0.05, 0.1) is 0 Å². The lowest BCUT2D eigenvalue weighted by atomic mass is 10.0. The Hall–Kier alpha value is -1.81. The summed E-state index contributed by atoms with van der Waals surface area (Å²) < 4.78 is 5.68. The number of hydrogen-bond acceptors (Lipinski definition) is 3. The van der Waals surface area contributed by atoms with Gasteiger partial charge >= 0.3 is 0 Å². The first-order valence-electron chi connectivity index (χ1n) is 6.62. The number of ether oxygens (including phenoxy) is 1. The molecule has 19 heavy (non-hydrogen) atoms. The Balaban J connectivity index is 1.93. The van der Waals surface area contributed by atoms with Crippen molar-refractivity contribution in [3.8, 4) is 5.75 Å². The van der Waals surface area contributed by atoms with Crippen LogP contribution in [0.15, 0.2) is 30.4 Å². The summed E-state index contributed by atoms with van der Waals surface area (Å²) in [7, 11) is 0. The maximum atomic E-state index is 11.3. The largest absolute Gasteiger partial charge is 0.489 e. The average molecular weight is 260 g/mol. The molecule has 0 atom stereocenters. The molecule has 0 radical (unpaired) electrons. The van der Waals surface area contributed by atoms with Crippen LogP contribution in [0.5, 0.6) is 5.75 Å². The van der Waals surface area contributed by atoms with E-state index in [9.17, 15) is 4.79 Å². The van der Waals surface area contributed by atoms with Crippen LogP contribution in [0.25, 0.3) is 0 Å². The van der Waals surface area contributed by atoms with E-state index in [2.05, 4.69) is 24.1 Å². The van der Waals surface area contributed by atoms with Gasteiger partial charge in [0.15, 0.2) is 0 Å². The number of nitrogens with one attached hydrogen (secondary N) is 2. The van der Waals surface area contributed by atoms with Crippen molar-refractivity contribution in [3.05, 3.63) is 35.9 Å². The average Bonchev–Trinajstić information content (AvgIpc) is 2.42. The summed E-state index contributed by atoms with van der Waals surface area (Å²) in [6, 6.07) is 5.83. The highest BCUT2D eigenvalue weighted by Gasteiger charge is 2.14. The summed E-state index contributed by atoms with van der Waals surface area (Å²) >= 11 is 0. The second kappa shape index (κ2) is 6.38. The lowest BCUT2D eigenvalue weighted by molar-refractivity contribution is -0.116. The van der Waals surface area contributed by atoms with Gasteiger partial charge in [-0.2, -0.15) is 0 Å². The number of carbonyl (C=O) groups is 1. The van der Waals surface area contributed by atoms with Gasteiger partial charge in [-0.25, -0.2) is 0 Å². The molecule has 0 saturated heterocycles. The third kappa shape index (κ3) is 3.83. The van der Waals surface area contributed by atoms with E-state index >= 15 is 0 Å². The number of benzene rings is 1. The van der Waals surface area contributed by atoms with Crippen molar-refractivity contribution in [2.45, 2.75) is 19.8 Å². The molecule has 0 bridgehead atoms. The fourth-order valence-electron chi connectivity index (χ4n) is 1.98. The topological polar surface area (TPSA) is 50.4 Å². The van der Waals surface area contributed by atoms with E-state index in [0.717, 1.165) is 36.5 Å². The Bertz CT molecular complexity index is 483. The van der Waals surface area contributed by atoms with Crippen molar-refractivity contribution in [1.29, 1.82) is 0 Å². The molecular weight excluding hydrogens is 240 g/mol. The first-order chi connectivity index (χ1) is 9.19. The fraction of sp³-hybridized carbons (Fsp3) is 0.400. The maximum absolute atomic E-state index is 11.3. The van der Waals surface area contributed by atoms with Crippen LogP contribution in [0.4, 0.5) is 5.69 Å². The minimum atomic E-state index is 0.0706. The standard InChI is InChI=1S/C15H20N2O2/c1-3-16-9-11(2)10-19-13-6-4-12-5-7-15(18)17-14(12)8-13/h4,6,8,16H,2-3,5,7,9-10H2,1H3,(H,17,18). The van der Waals surface area contributed by atoms with Gasteiger partial charge in [-0.15, -0.1) is 0 Å². The number of carbonyl (C=O) groups excluding carboxylic acids is 1. The van der Waals surface area contributed by atoms with Crippen LogP contribution in [-0.2, 0) is 11.2 Å². The van der Waals surface area contributed by atoms with Crippen LogP contribution < -0.4 is 15.4 Å². The second-order valence-corrected chi connectivity index (χ2v) is 4.69. The van der Waals surface area contributed by atoms with Gasteiger partial charge in [-0.3, -0.25) is 4.79 Å². The summed E-state index contributed by atoms with van der Waals surface area (Å²) in [5.41, 5.74) is 3.04. The Kier molecular flexibility index (Phi) is 4.58. The molecule has 102 valence electrons. The van der Waals surface area contributed by atoms with Crippen LogP contribution >= 0.6 is 0 Å². The highest BCUT2D eigenvalue weighted by Crippen LogP contribution is 2.27. The molecule has 0 spiro atoms. The number of hydrogen-bond donors (Lipinski definition) is 2. The summed E-state index contributed by atoms with van der Waals surface area (Å²) in [4.78, 5) is 11.3. The highest BCUT2D eigenvalue weighted by atomic mass is 16.5. The molecule has 4 nitrogen and oxygen atoms in total. The van der Waals surface area contributed by atoms with Gasteiger partial charge in [-0.1, -0.05) is 19.6 Å². The molecule has 2 rings (SSSR count). The number of likely N-dealkylation sites (N-methyl/N-ethyl adjacent to an activating group) is 1. The number of rotatable bonds is 6. The molecule has 2 N–H and O–H groups in total. The second-order valence-electron chi connectivity index (χ2n) is 4.69. The third-order valence-corrected chi connectivity index (χ3v) is 3.04. The summed E-state index contributed by atoms with van der Waals surface area (Å²) in [5.74, 6) is 0.833. The predicted octanol–water partition coefficient (Wildman–Crippen LogP) is 2.12. The number of anilines is 1.